The predicted molar refractivity (Wildman–Crippen MR) is 59.8 cm³/mol. The third kappa shape index (κ3) is 2.27. The van der Waals surface area contributed by atoms with Crippen LogP contribution >= 0.6 is 0 Å². The lowest BCUT2D eigenvalue weighted by molar-refractivity contribution is 0.161. The van der Waals surface area contributed by atoms with Crippen LogP contribution in [0, 0.1) is 0 Å². The second kappa shape index (κ2) is 4.88. The quantitative estimate of drug-likeness (QED) is 0.769. The maximum absolute atomic E-state index is 11.7. The molecule has 0 atom stereocenters. The van der Waals surface area contributed by atoms with Crippen LogP contribution < -0.4 is 9.47 Å². The summed E-state index contributed by atoms with van der Waals surface area (Å²) in [5, 5.41) is 0. The molecule has 4 nitrogen and oxygen atoms in total. The van der Waals surface area contributed by atoms with Gasteiger partial charge in [-0.25, -0.2) is 4.79 Å². The van der Waals surface area contributed by atoms with Crippen LogP contribution in [0.3, 0.4) is 0 Å². The highest BCUT2D eigenvalue weighted by atomic mass is 16.6. The molecule has 0 spiro atoms. The Bertz CT molecular complexity index is 372. The van der Waals surface area contributed by atoms with Crippen molar-refractivity contribution in [2.45, 2.75) is 12.8 Å². The number of hydrogen-bond donors (Lipinski definition) is 0. The van der Waals surface area contributed by atoms with Crippen LogP contribution in [0.25, 0.3) is 0 Å². The SMILES string of the molecule is COc1ccccc1OC(=O)N1CCCC1. The summed E-state index contributed by atoms with van der Waals surface area (Å²) in [6.45, 7) is 1.57. The first-order chi connectivity index (χ1) is 7.81. The summed E-state index contributed by atoms with van der Waals surface area (Å²) in [4.78, 5) is 13.4. The molecule has 1 fully saturated rings. The first-order valence-corrected chi connectivity index (χ1v) is 5.41. The molecule has 1 aliphatic heterocycles. The second-order valence-corrected chi connectivity index (χ2v) is 3.71. The number of para-hydroxylation sites is 2. The van der Waals surface area contributed by atoms with Gasteiger partial charge in [-0.1, -0.05) is 12.1 Å². The molecule has 4 heteroatoms. The molecule has 1 saturated heterocycles. The third-order valence-corrected chi connectivity index (χ3v) is 2.63. The zero-order chi connectivity index (χ0) is 11.4. The molecule has 1 aliphatic rings. The summed E-state index contributed by atoms with van der Waals surface area (Å²) in [6.07, 6.45) is 1.82. The highest BCUT2D eigenvalue weighted by Crippen LogP contribution is 2.26. The van der Waals surface area contributed by atoms with Gasteiger partial charge in [-0.15, -0.1) is 0 Å². The van der Waals surface area contributed by atoms with Gasteiger partial charge in [-0.3, -0.25) is 0 Å². The van der Waals surface area contributed by atoms with Crippen molar-refractivity contribution < 1.29 is 14.3 Å². The van der Waals surface area contributed by atoms with E-state index < -0.39 is 0 Å². The van der Waals surface area contributed by atoms with Crippen molar-refractivity contribution in [1.82, 2.24) is 4.90 Å². The highest BCUT2D eigenvalue weighted by Gasteiger charge is 2.20. The van der Waals surface area contributed by atoms with E-state index in [2.05, 4.69) is 0 Å². The number of rotatable bonds is 2. The Labute approximate surface area is 94.8 Å². The van der Waals surface area contributed by atoms with E-state index in [-0.39, 0.29) is 6.09 Å². The van der Waals surface area contributed by atoms with Crippen LogP contribution in [-0.2, 0) is 0 Å². The third-order valence-electron chi connectivity index (χ3n) is 2.63. The smallest absolute Gasteiger partial charge is 0.415 e. The summed E-state index contributed by atoms with van der Waals surface area (Å²) in [6, 6.07) is 7.15. The molecular weight excluding hydrogens is 206 g/mol. The fourth-order valence-corrected chi connectivity index (χ4v) is 1.76. The molecule has 0 unspecified atom stereocenters. The van der Waals surface area contributed by atoms with Crippen molar-refractivity contribution in [3.8, 4) is 11.5 Å². The van der Waals surface area contributed by atoms with E-state index in [9.17, 15) is 4.79 Å². The maximum Gasteiger partial charge on any atom is 0.415 e. The van der Waals surface area contributed by atoms with Gasteiger partial charge in [0.15, 0.2) is 11.5 Å². The molecule has 86 valence electrons. The molecule has 0 bridgehead atoms. The van der Waals surface area contributed by atoms with E-state index in [0.717, 1.165) is 25.9 Å². The van der Waals surface area contributed by atoms with Gasteiger partial charge < -0.3 is 14.4 Å². The first-order valence-electron chi connectivity index (χ1n) is 5.41. The summed E-state index contributed by atoms with van der Waals surface area (Å²) >= 11 is 0. The van der Waals surface area contributed by atoms with Crippen LogP contribution in [0.4, 0.5) is 4.79 Å². The number of carbonyl (C=O) groups is 1. The van der Waals surface area contributed by atoms with Crippen molar-refractivity contribution in [2.75, 3.05) is 20.2 Å². The highest BCUT2D eigenvalue weighted by molar-refractivity contribution is 5.71. The van der Waals surface area contributed by atoms with Crippen LogP contribution in [-0.4, -0.2) is 31.2 Å². The average Bonchev–Trinajstić information content (AvgIpc) is 2.83. The standard InChI is InChI=1S/C12H15NO3/c1-15-10-6-2-3-7-11(10)16-12(14)13-8-4-5-9-13/h2-3,6-7H,4-5,8-9H2,1H3. The van der Waals surface area contributed by atoms with E-state index in [1.165, 1.54) is 0 Å². The van der Waals surface area contributed by atoms with Gasteiger partial charge in [0.25, 0.3) is 0 Å². The van der Waals surface area contributed by atoms with E-state index in [0.29, 0.717) is 11.5 Å². The zero-order valence-corrected chi connectivity index (χ0v) is 9.31. The van der Waals surface area contributed by atoms with Gasteiger partial charge in [0, 0.05) is 13.1 Å². The molecule has 1 aromatic carbocycles. The van der Waals surface area contributed by atoms with E-state index in [1.54, 1.807) is 24.1 Å². The number of hydrogen-bond acceptors (Lipinski definition) is 3. The number of nitrogens with zero attached hydrogens (tertiary/aromatic N) is 1. The molecule has 1 heterocycles. The molecule has 2 rings (SSSR count). The maximum atomic E-state index is 11.7. The Morgan fingerprint density at radius 1 is 1.19 bits per heavy atom. The lowest BCUT2D eigenvalue weighted by Gasteiger charge is -2.15. The van der Waals surface area contributed by atoms with Crippen molar-refractivity contribution in [3.63, 3.8) is 0 Å². The van der Waals surface area contributed by atoms with Gasteiger partial charge in [-0.2, -0.15) is 0 Å². The van der Waals surface area contributed by atoms with Gasteiger partial charge in [0.2, 0.25) is 0 Å². The summed E-state index contributed by atoms with van der Waals surface area (Å²) in [7, 11) is 1.56. The van der Waals surface area contributed by atoms with E-state index in [4.69, 9.17) is 9.47 Å². The van der Waals surface area contributed by atoms with Crippen LogP contribution in [0.2, 0.25) is 0 Å². The second-order valence-electron chi connectivity index (χ2n) is 3.71. The van der Waals surface area contributed by atoms with E-state index in [1.807, 2.05) is 12.1 Å². The molecule has 0 aromatic heterocycles. The Morgan fingerprint density at radius 2 is 1.81 bits per heavy atom. The molecule has 0 saturated carbocycles. The number of methoxy groups -OCH3 is 1. The summed E-state index contributed by atoms with van der Waals surface area (Å²) < 4.78 is 10.4. The zero-order valence-electron chi connectivity index (χ0n) is 9.31. The molecule has 0 radical (unpaired) electrons. The molecule has 1 amide bonds. The lowest BCUT2D eigenvalue weighted by atomic mass is 10.3. The molecule has 1 aromatic rings. The van der Waals surface area contributed by atoms with Crippen LogP contribution in [0.1, 0.15) is 12.8 Å². The fraction of sp³-hybridized carbons (Fsp3) is 0.417. The number of amides is 1. The number of carbonyl (C=O) groups excluding carboxylic acids is 1. The van der Waals surface area contributed by atoms with Gasteiger partial charge in [0.05, 0.1) is 7.11 Å². The first kappa shape index (κ1) is 10.8. The van der Waals surface area contributed by atoms with E-state index >= 15 is 0 Å². The molecule has 0 N–H and O–H groups in total. The number of likely N-dealkylation sites (tertiary alicyclic amines) is 1. The van der Waals surface area contributed by atoms with Gasteiger partial charge >= 0.3 is 6.09 Å². The van der Waals surface area contributed by atoms with Crippen molar-refractivity contribution >= 4 is 6.09 Å². The monoisotopic (exact) mass is 221 g/mol. The molecule has 0 aliphatic carbocycles. The topological polar surface area (TPSA) is 38.8 Å². The Balaban J connectivity index is 2.05. The van der Waals surface area contributed by atoms with Gasteiger partial charge in [-0.05, 0) is 25.0 Å². The minimum atomic E-state index is -0.290. The molecular formula is C12H15NO3. The minimum absolute atomic E-state index is 0.290. The predicted octanol–water partition coefficient (Wildman–Crippen LogP) is 2.29. The van der Waals surface area contributed by atoms with Crippen LogP contribution in [0.15, 0.2) is 24.3 Å². The lowest BCUT2D eigenvalue weighted by Crippen LogP contribution is -2.30. The normalized spacial score (nSPS) is 14.9. The largest absolute Gasteiger partial charge is 0.493 e. The van der Waals surface area contributed by atoms with Crippen molar-refractivity contribution in [1.29, 1.82) is 0 Å². The average molecular weight is 221 g/mol. The van der Waals surface area contributed by atoms with Crippen LogP contribution in [0.5, 0.6) is 11.5 Å². The Morgan fingerprint density at radius 3 is 2.44 bits per heavy atom. The van der Waals surface area contributed by atoms with Gasteiger partial charge in [0.1, 0.15) is 0 Å². The minimum Gasteiger partial charge on any atom is -0.493 e. The summed E-state index contributed by atoms with van der Waals surface area (Å²) in [5.74, 6) is 1.05. The van der Waals surface area contributed by atoms with Crippen molar-refractivity contribution in [3.05, 3.63) is 24.3 Å². The Kier molecular flexibility index (Phi) is 3.29. The fourth-order valence-electron chi connectivity index (χ4n) is 1.76. The molecule has 16 heavy (non-hydrogen) atoms. The Hall–Kier alpha value is -1.71. The van der Waals surface area contributed by atoms with Crippen molar-refractivity contribution in [2.24, 2.45) is 0 Å². The number of benzene rings is 1. The number of ether oxygens (including phenoxy) is 2. The summed E-state index contributed by atoms with van der Waals surface area (Å²) in [5.41, 5.74) is 0.